The molecule has 10 nitrogen and oxygen atoms in total. The largest absolute Gasteiger partial charge is 0.494 e. The molecule has 0 radical (unpaired) electrons. The smallest absolute Gasteiger partial charge is 0.355 e. The van der Waals surface area contributed by atoms with Gasteiger partial charge in [0.2, 0.25) is 5.91 Å². The van der Waals surface area contributed by atoms with Gasteiger partial charge in [0.05, 0.1) is 24.7 Å². The average Bonchev–Trinajstić information content (AvgIpc) is 3.13. The number of fused-ring (bicyclic) bond motifs is 1. The summed E-state index contributed by atoms with van der Waals surface area (Å²) < 4.78 is 9.88. The number of ether oxygens (including phenoxy) is 2. The first-order valence-electron chi connectivity index (χ1n) is 7.43. The van der Waals surface area contributed by atoms with E-state index in [1.165, 1.54) is 12.1 Å². The lowest BCUT2D eigenvalue weighted by Crippen LogP contribution is -2.36. The summed E-state index contributed by atoms with van der Waals surface area (Å²) in [4.78, 5) is 49.0. The van der Waals surface area contributed by atoms with E-state index in [0.717, 1.165) is 12.0 Å². The van der Waals surface area contributed by atoms with Gasteiger partial charge in [-0.15, -0.1) is 15.1 Å². The fourth-order valence-corrected chi connectivity index (χ4v) is 2.84. The van der Waals surface area contributed by atoms with Crippen LogP contribution in [0.25, 0.3) is 0 Å². The van der Waals surface area contributed by atoms with E-state index in [0.29, 0.717) is 23.2 Å². The number of methoxy groups -OCH3 is 1. The Morgan fingerprint density at radius 3 is 2.48 bits per heavy atom. The lowest BCUT2D eigenvalue weighted by Gasteiger charge is -2.17. The normalized spacial score (nSPS) is 21.9. The second kappa shape index (κ2) is 6.30. The van der Waals surface area contributed by atoms with Gasteiger partial charge in [-0.2, -0.15) is 0 Å². The molecule has 2 heterocycles. The number of nitroso groups, excluding NO2 is 1. The average molecular weight is 346 g/mol. The minimum atomic E-state index is -1.29. The molecule has 2 aliphatic rings. The van der Waals surface area contributed by atoms with Crippen LogP contribution in [0.1, 0.15) is 6.92 Å². The van der Waals surface area contributed by atoms with Crippen LogP contribution >= 0.6 is 0 Å². The third kappa shape index (κ3) is 2.51. The first-order chi connectivity index (χ1) is 12.0. The van der Waals surface area contributed by atoms with Crippen molar-refractivity contribution < 1.29 is 23.9 Å². The second-order valence-electron chi connectivity index (χ2n) is 5.24. The minimum absolute atomic E-state index is 0.294. The van der Waals surface area contributed by atoms with Crippen molar-refractivity contribution in [1.82, 2.24) is 5.12 Å². The van der Waals surface area contributed by atoms with Crippen LogP contribution < -0.4 is 9.64 Å². The zero-order chi connectivity index (χ0) is 18.1. The Morgan fingerprint density at radius 1 is 1.24 bits per heavy atom. The third-order valence-electron chi connectivity index (χ3n) is 3.91. The number of carbonyl (C=O) groups excluding carboxylic acids is 3. The molecule has 1 aromatic rings. The van der Waals surface area contributed by atoms with Gasteiger partial charge in [-0.1, -0.05) is 0 Å². The van der Waals surface area contributed by atoms with Crippen molar-refractivity contribution in [3.63, 3.8) is 0 Å². The molecule has 10 heteroatoms. The van der Waals surface area contributed by atoms with E-state index in [2.05, 4.69) is 15.1 Å². The maximum atomic E-state index is 12.7. The molecule has 0 bridgehead atoms. The number of amides is 2. The monoisotopic (exact) mass is 346 g/mol. The van der Waals surface area contributed by atoms with Crippen molar-refractivity contribution >= 4 is 29.2 Å². The minimum Gasteiger partial charge on any atom is -0.494 e. The molecule has 1 aromatic carbocycles. The van der Waals surface area contributed by atoms with Crippen LogP contribution in [0.4, 0.5) is 5.69 Å². The maximum absolute atomic E-state index is 12.7. The molecule has 3 rings (SSSR count). The molecule has 0 aromatic heterocycles. The van der Waals surface area contributed by atoms with Gasteiger partial charge in [-0.05, 0) is 31.2 Å². The van der Waals surface area contributed by atoms with Crippen LogP contribution in [0.5, 0.6) is 5.75 Å². The molecule has 0 spiro atoms. The molecule has 0 N–H and O–H groups in total. The van der Waals surface area contributed by atoms with E-state index < -0.39 is 29.7 Å². The molecule has 2 amide bonds. The van der Waals surface area contributed by atoms with Crippen LogP contribution in [-0.4, -0.2) is 48.4 Å². The van der Waals surface area contributed by atoms with Crippen molar-refractivity contribution in [2.75, 3.05) is 18.6 Å². The SMILES string of the molecule is CCOc1ccc(N2C(=O)[C@H]3C(C(=O)OC)=NN(N=O)[C@@H]3C2=O)cc1. The van der Waals surface area contributed by atoms with Crippen molar-refractivity contribution in [3.8, 4) is 5.75 Å². The van der Waals surface area contributed by atoms with Crippen molar-refractivity contribution in [2.45, 2.75) is 13.0 Å². The van der Waals surface area contributed by atoms with E-state index >= 15 is 0 Å². The quantitative estimate of drug-likeness (QED) is 0.432. The number of hydrogen-bond donors (Lipinski definition) is 0. The number of benzene rings is 1. The van der Waals surface area contributed by atoms with Gasteiger partial charge in [-0.25, -0.2) is 9.69 Å². The second-order valence-corrected chi connectivity index (χ2v) is 5.24. The summed E-state index contributed by atoms with van der Waals surface area (Å²) in [6.07, 6.45) is 0. The van der Waals surface area contributed by atoms with Crippen molar-refractivity contribution in [2.24, 2.45) is 16.3 Å². The number of imide groups is 1. The first-order valence-corrected chi connectivity index (χ1v) is 7.43. The highest BCUT2D eigenvalue weighted by Gasteiger charge is 2.59. The summed E-state index contributed by atoms with van der Waals surface area (Å²) in [5, 5.41) is 6.79. The van der Waals surface area contributed by atoms with Gasteiger partial charge in [-0.3, -0.25) is 9.59 Å². The van der Waals surface area contributed by atoms with E-state index in [-0.39, 0.29) is 5.71 Å². The van der Waals surface area contributed by atoms with Crippen LogP contribution in [0.3, 0.4) is 0 Å². The molecular weight excluding hydrogens is 332 g/mol. The van der Waals surface area contributed by atoms with Gasteiger partial charge in [0.1, 0.15) is 11.7 Å². The van der Waals surface area contributed by atoms with Gasteiger partial charge in [0.15, 0.2) is 11.8 Å². The van der Waals surface area contributed by atoms with E-state index in [9.17, 15) is 19.3 Å². The highest BCUT2D eigenvalue weighted by atomic mass is 16.5. The van der Waals surface area contributed by atoms with Gasteiger partial charge >= 0.3 is 5.97 Å². The van der Waals surface area contributed by atoms with Gasteiger partial charge < -0.3 is 9.47 Å². The van der Waals surface area contributed by atoms with Gasteiger partial charge in [0.25, 0.3) is 5.91 Å². The number of hydrogen-bond acceptors (Lipinski definition) is 8. The zero-order valence-electron chi connectivity index (χ0n) is 13.4. The first kappa shape index (κ1) is 16.6. The number of anilines is 1. The van der Waals surface area contributed by atoms with Crippen LogP contribution in [-0.2, 0) is 19.1 Å². The lowest BCUT2D eigenvalue weighted by molar-refractivity contribution is -0.133. The Balaban J connectivity index is 1.96. The van der Waals surface area contributed by atoms with Gasteiger partial charge in [0, 0.05) is 0 Å². The Bertz CT molecular complexity index is 775. The number of esters is 1. The number of carbonyl (C=O) groups is 3. The standard InChI is InChI=1S/C15H14N4O6/c1-3-25-9-6-4-8(5-7-9)18-13(20)10-11(15(22)24-2)16-19(17-23)12(10)14(18)21/h4-7,10,12H,3H2,1-2H3/t10-,12-/m0/s1. The lowest BCUT2D eigenvalue weighted by atomic mass is 9.98. The Labute approximate surface area is 141 Å². The summed E-state index contributed by atoms with van der Waals surface area (Å²) in [5.74, 6) is -2.91. The fraction of sp³-hybridized carbons (Fsp3) is 0.333. The summed E-state index contributed by atoms with van der Waals surface area (Å²) in [6, 6.07) is 5.01. The predicted octanol–water partition coefficient (Wildman–Crippen LogP) is 0.469. The maximum Gasteiger partial charge on any atom is 0.355 e. The van der Waals surface area contributed by atoms with E-state index in [1.807, 2.05) is 6.92 Å². The molecule has 1 saturated heterocycles. The van der Waals surface area contributed by atoms with Crippen LogP contribution in [0.2, 0.25) is 0 Å². The highest BCUT2D eigenvalue weighted by molar-refractivity contribution is 6.46. The Kier molecular flexibility index (Phi) is 4.17. The topological polar surface area (TPSA) is 118 Å². The molecular formula is C15H14N4O6. The van der Waals surface area contributed by atoms with Crippen molar-refractivity contribution in [3.05, 3.63) is 29.2 Å². The summed E-state index contributed by atoms with van der Waals surface area (Å²) in [6.45, 7) is 2.31. The number of hydrazone groups is 1. The summed E-state index contributed by atoms with van der Waals surface area (Å²) in [7, 11) is 1.11. The van der Waals surface area contributed by atoms with E-state index in [1.54, 1.807) is 12.1 Å². The zero-order valence-corrected chi connectivity index (χ0v) is 13.4. The fourth-order valence-electron chi connectivity index (χ4n) is 2.84. The third-order valence-corrected chi connectivity index (χ3v) is 3.91. The molecule has 25 heavy (non-hydrogen) atoms. The van der Waals surface area contributed by atoms with Crippen molar-refractivity contribution in [1.29, 1.82) is 0 Å². The number of rotatable bonds is 5. The Hall–Kier alpha value is -3.30. The van der Waals surface area contributed by atoms with Crippen LogP contribution in [0, 0.1) is 10.8 Å². The van der Waals surface area contributed by atoms with E-state index in [4.69, 9.17) is 4.74 Å². The molecule has 0 aliphatic carbocycles. The summed E-state index contributed by atoms with van der Waals surface area (Å²) in [5.41, 5.74) is -0.0261. The molecule has 1 fully saturated rings. The predicted molar refractivity (Wildman–Crippen MR) is 84.5 cm³/mol. The highest BCUT2D eigenvalue weighted by Crippen LogP contribution is 2.35. The molecule has 0 saturated carbocycles. The Morgan fingerprint density at radius 2 is 1.92 bits per heavy atom. The molecule has 2 aliphatic heterocycles. The van der Waals surface area contributed by atoms with Crippen LogP contribution in [0.15, 0.2) is 34.7 Å². The summed E-state index contributed by atoms with van der Waals surface area (Å²) >= 11 is 0. The molecule has 130 valence electrons. The number of nitrogens with zero attached hydrogens (tertiary/aromatic N) is 4. The molecule has 0 unspecified atom stereocenters. The molecule has 2 atom stereocenters.